The van der Waals surface area contributed by atoms with Gasteiger partial charge in [0.05, 0.1) is 27.5 Å². The third-order valence-electron chi connectivity index (χ3n) is 4.24. The number of amides is 1. The second-order valence-corrected chi connectivity index (χ2v) is 9.00. The number of aryl methyl sites for hydroxylation is 1. The van der Waals surface area contributed by atoms with E-state index in [9.17, 15) is 13.2 Å². The topological polar surface area (TPSA) is 72.3 Å². The zero-order valence-corrected chi connectivity index (χ0v) is 16.5. The molecule has 0 N–H and O–H groups in total. The lowest BCUT2D eigenvalue weighted by atomic mass is 10.2. The molecule has 0 saturated heterocycles. The van der Waals surface area contributed by atoms with E-state index >= 15 is 0 Å². The maximum absolute atomic E-state index is 13.0. The first-order valence-electron chi connectivity index (χ1n) is 7.91. The molecule has 2 heterocycles. The minimum Gasteiger partial charge on any atom is -0.337 e. The van der Waals surface area contributed by atoms with Gasteiger partial charge in [0.15, 0.2) is 0 Å². The van der Waals surface area contributed by atoms with Gasteiger partial charge in [0, 0.05) is 28.9 Å². The molecule has 2 aromatic carbocycles. The largest absolute Gasteiger partial charge is 0.337 e. The summed E-state index contributed by atoms with van der Waals surface area (Å²) in [7, 11) is -3.66. The molecule has 3 aromatic rings. The molecule has 0 aliphatic carbocycles. The van der Waals surface area contributed by atoms with Crippen LogP contribution in [0.3, 0.4) is 0 Å². The van der Waals surface area contributed by atoms with Crippen LogP contribution in [-0.2, 0) is 21.2 Å². The summed E-state index contributed by atoms with van der Waals surface area (Å²) < 4.78 is 28.6. The molecule has 1 amide bonds. The molecule has 4 rings (SSSR count). The van der Waals surface area contributed by atoms with Crippen LogP contribution >= 0.6 is 22.6 Å². The van der Waals surface area contributed by atoms with E-state index in [2.05, 4.69) is 27.6 Å². The Morgan fingerprint density at radius 2 is 1.85 bits per heavy atom. The number of aromatic nitrogens is 2. The van der Waals surface area contributed by atoms with Gasteiger partial charge in [0.1, 0.15) is 0 Å². The Balaban J connectivity index is 1.82. The molecule has 0 atom stereocenters. The van der Waals surface area contributed by atoms with Crippen LogP contribution in [0, 0.1) is 3.57 Å². The van der Waals surface area contributed by atoms with Crippen LogP contribution in [0.25, 0.3) is 0 Å². The minimum atomic E-state index is -3.66. The second-order valence-electron chi connectivity index (χ2n) is 5.86. The van der Waals surface area contributed by atoms with Gasteiger partial charge in [0.2, 0.25) is 15.7 Å². The highest BCUT2D eigenvalue weighted by molar-refractivity contribution is 14.1. The van der Waals surface area contributed by atoms with Gasteiger partial charge in [-0.2, -0.15) is 0 Å². The van der Waals surface area contributed by atoms with Crippen molar-refractivity contribution in [3.63, 3.8) is 0 Å². The maximum atomic E-state index is 13.0. The number of hydrogen-bond donors (Lipinski definition) is 0. The summed E-state index contributed by atoms with van der Waals surface area (Å²) >= 11 is 2.12. The number of carbonyl (C=O) groups is 1. The molecule has 0 unspecified atom stereocenters. The molecule has 6 nitrogen and oxygen atoms in total. The second kappa shape index (κ2) is 6.51. The Hall–Kier alpha value is -2.20. The maximum Gasteiger partial charge on any atom is 0.233 e. The number of halogens is 1. The Labute approximate surface area is 164 Å². The zero-order valence-electron chi connectivity index (χ0n) is 13.5. The molecule has 1 aliphatic heterocycles. The van der Waals surface area contributed by atoms with Gasteiger partial charge in [-0.15, -0.1) is 0 Å². The fraction of sp³-hybridized carbons (Fsp3) is 0.111. The van der Waals surface area contributed by atoms with Crippen molar-refractivity contribution in [1.29, 1.82) is 0 Å². The average molecular weight is 479 g/mol. The Bertz CT molecular complexity index is 1090. The number of hydrogen-bond acceptors (Lipinski definition) is 4. The fourth-order valence-electron chi connectivity index (χ4n) is 3.03. The quantitative estimate of drug-likeness (QED) is 0.540. The van der Waals surface area contributed by atoms with Crippen LogP contribution in [0.2, 0.25) is 0 Å². The normalized spacial score (nSPS) is 14.6. The van der Waals surface area contributed by atoms with Crippen molar-refractivity contribution in [1.82, 2.24) is 9.55 Å². The van der Waals surface area contributed by atoms with Crippen molar-refractivity contribution in [3.8, 4) is 0 Å². The van der Waals surface area contributed by atoms with E-state index in [0.717, 1.165) is 3.57 Å². The SMILES string of the molecule is O=C(CCn1ccnc1)N1c2ccccc2S(=O)(=O)c2ccc(I)cc21. The van der Waals surface area contributed by atoms with E-state index in [1.54, 1.807) is 61.2 Å². The van der Waals surface area contributed by atoms with Gasteiger partial charge in [-0.05, 0) is 52.9 Å². The molecule has 132 valence electrons. The molecule has 1 aliphatic rings. The van der Waals surface area contributed by atoms with E-state index in [0.29, 0.717) is 17.9 Å². The lowest BCUT2D eigenvalue weighted by molar-refractivity contribution is -0.118. The molecule has 0 fully saturated rings. The number of fused-ring (bicyclic) bond motifs is 2. The van der Waals surface area contributed by atoms with E-state index < -0.39 is 9.84 Å². The molecule has 0 radical (unpaired) electrons. The number of benzene rings is 2. The molecule has 26 heavy (non-hydrogen) atoms. The van der Waals surface area contributed by atoms with E-state index in [1.807, 2.05) is 4.57 Å². The van der Waals surface area contributed by atoms with E-state index in [1.165, 1.54) is 4.90 Å². The highest BCUT2D eigenvalue weighted by atomic mass is 127. The molecular weight excluding hydrogens is 465 g/mol. The predicted octanol–water partition coefficient (Wildman–Crippen LogP) is 3.39. The van der Waals surface area contributed by atoms with Crippen molar-refractivity contribution in [2.24, 2.45) is 0 Å². The Morgan fingerprint density at radius 1 is 1.08 bits per heavy atom. The molecule has 1 aromatic heterocycles. The molecular formula is C18H14IN3O3S. The third-order valence-corrected chi connectivity index (χ3v) is 6.76. The molecule has 0 bridgehead atoms. The van der Waals surface area contributed by atoms with Crippen LogP contribution in [-0.4, -0.2) is 23.9 Å². The summed E-state index contributed by atoms with van der Waals surface area (Å²) in [6, 6.07) is 11.7. The number of nitrogens with zero attached hydrogens (tertiary/aromatic N) is 3. The van der Waals surface area contributed by atoms with Crippen molar-refractivity contribution in [3.05, 3.63) is 64.8 Å². The summed E-state index contributed by atoms with van der Waals surface area (Å²) in [6.45, 7) is 0.476. The monoisotopic (exact) mass is 479 g/mol. The standard InChI is InChI=1S/C18H14IN3O3S/c19-13-5-6-17-15(11-13)22(18(23)7-9-21-10-8-20-12-21)14-3-1-2-4-16(14)26(17,24)25/h1-6,8,10-12H,7,9H2. The van der Waals surface area contributed by atoms with Gasteiger partial charge < -0.3 is 4.57 Å². The van der Waals surface area contributed by atoms with Crippen molar-refractivity contribution >= 4 is 49.7 Å². The third kappa shape index (κ3) is 2.82. The van der Waals surface area contributed by atoms with Crippen molar-refractivity contribution < 1.29 is 13.2 Å². The number of anilines is 2. The summed E-state index contributed by atoms with van der Waals surface area (Å²) in [4.78, 5) is 18.8. The predicted molar refractivity (Wildman–Crippen MR) is 105 cm³/mol. The first kappa shape index (κ1) is 17.2. The first-order valence-corrected chi connectivity index (χ1v) is 10.5. The molecule has 8 heteroatoms. The Kier molecular flexibility index (Phi) is 4.31. The number of rotatable bonds is 3. The summed E-state index contributed by atoms with van der Waals surface area (Å²) in [5.41, 5.74) is 0.809. The van der Waals surface area contributed by atoms with Crippen molar-refractivity contribution in [2.75, 3.05) is 4.90 Å². The van der Waals surface area contributed by atoms with Crippen LogP contribution in [0.15, 0.2) is 71.0 Å². The number of para-hydroxylation sites is 1. The van der Waals surface area contributed by atoms with Crippen molar-refractivity contribution in [2.45, 2.75) is 22.8 Å². The van der Waals surface area contributed by atoms with Gasteiger partial charge >= 0.3 is 0 Å². The highest BCUT2D eigenvalue weighted by Gasteiger charge is 2.36. The van der Waals surface area contributed by atoms with E-state index in [-0.39, 0.29) is 22.1 Å². The van der Waals surface area contributed by atoms with Gasteiger partial charge in [0.25, 0.3) is 0 Å². The number of carbonyl (C=O) groups excluding carboxylic acids is 1. The average Bonchev–Trinajstić information content (AvgIpc) is 3.13. The minimum absolute atomic E-state index is 0.157. The lowest BCUT2D eigenvalue weighted by Gasteiger charge is -2.31. The van der Waals surface area contributed by atoms with Crippen LogP contribution in [0.5, 0.6) is 0 Å². The Morgan fingerprint density at radius 3 is 2.62 bits per heavy atom. The molecule has 0 saturated carbocycles. The van der Waals surface area contributed by atoms with Crippen LogP contribution < -0.4 is 4.90 Å². The highest BCUT2D eigenvalue weighted by Crippen LogP contribution is 2.44. The zero-order chi connectivity index (χ0) is 18.3. The smallest absolute Gasteiger partial charge is 0.233 e. The van der Waals surface area contributed by atoms with E-state index in [4.69, 9.17) is 0 Å². The summed E-state index contributed by atoms with van der Waals surface area (Å²) in [6.07, 6.45) is 5.33. The van der Waals surface area contributed by atoms with Gasteiger partial charge in [-0.25, -0.2) is 13.4 Å². The lowest BCUT2D eigenvalue weighted by Crippen LogP contribution is -2.32. The number of imidazole rings is 1. The van der Waals surface area contributed by atoms with Gasteiger partial charge in [-0.3, -0.25) is 9.69 Å². The van der Waals surface area contributed by atoms with Gasteiger partial charge in [-0.1, -0.05) is 12.1 Å². The molecule has 0 spiro atoms. The fourth-order valence-corrected chi connectivity index (χ4v) is 5.11. The summed E-state index contributed by atoms with van der Waals surface area (Å²) in [5.74, 6) is -0.163. The first-order chi connectivity index (χ1) is 12.5. The number of sulfone groups is 1. The summed E-state index contributed by atoms with van der Waals surface area (Å²) in [5, 5.41) is 0. The van der Waals surface area contributed by atoms with Crippen LogP contribution in [0.4, 0.5) is 11.4 Å². The van der Waals surface area contributed by atoms with Crippen LogP contribution in [0.1, 0.15) is 6.42 Å².